The average Bonchev–Trinajstić information content (AvgIpc) is 2.47. The number of carbonyl (C=O) groups is 1. The van der Waals surface area contributed by atoms with Crippen LogP contribution >= 0.6 is 0 Å². The van der Waals surface area contributed by atoms with Gasteiger partial charge in [0.2, 0.25) is 5.91 Å². The minimum absolute atomic E-state index is 0.0703. The van der Waals surface area contributed by atoms with Crippen molar-refractivity contribution >= 4 is 11.6 Å². The highest BCUT2D eigenvalue weighted by Crippen LogP contribution is 2.21. The van der Waals surface area contributed by atoms with Crippen molar-refractivity contribution in [3.8, 4) is 0 Å². The normalized spacial score (nSPS) is 16.7. The van der Waals surface area contributed by atoms with Crippen molar-refractivity contribution in [3.63, 3.8) is 0 Å². The summed E-state index contributed by atoms with van der Waals surface area (Å²) in [5.41, 5.74) is 3.03. The molecule has 0 saturated carbocycles. The summed E-state index contributed by atoms with van der Waals surface area (Å²) < 4.78 is 13.1. The Morgan fingerprint density at radius 1 is 1.24 bits per heavy atom. The highest BCUT2D eigenvalue weighted by atomic mass is 19.1. The fourth-order valence-corrected chi connectivity index (χ4v) is 2.65. The quantitative estimate of drug-likeness (QED) is 0.909. The van der Waals surface area contributed by atoms with E-state index >= 15 is 0 Å². The third-order valence-electron chi connectivity index (χ3n) is 3.64. The fraction of sp³-hybridized carbons (Fsp3) is 0.235. The lowest BCUT2D eigenvalue weighted by Crippen LogP contribution is -2.44. The molecule has 0 spiro atoms. The molecule has 0 aromatic heterocycles. The molecule has 2 N–H and O–H groups in total. The van der Waals surface area contributed by atoms with Gasteiger partial charge in [-0.15, -0.1) is 0 Å². The maximum absolute atomic E-state index is 13.1. The van der Waals surface area contributed by atoms with E-state index in [1.54, 1.807) is 12.1 Å². The highest BCUT2D eigenvalue weighted by Gasteiger charge is 2.19. The van der Waals surface area contributed by atoms with Gasteiger partial charge in [0.25, 0.3) is 0 Å². The van der Waals surface area contributed by atoms with Gasteiger partial charge in [-0.05, 0) is 35.7 Å². The molecule has 0 saturated heterocycles. The SMILES string of the molecule is O=C(Cc1cccc(F)c1)NC1CNc2ccccc2C1. The van der Waals surface area contributed by atoms with Crippen LogP contribution in [0.25, 0.3) is 0 Å². The molecular weight excluding hydrogens is 267 g/mol. The number of hydrogen-bond acceptors (Lipinski definition) is 2. The number of anilines is 1. The van der Waals surface area contributed by atoms with Gasteiger partial charge in [-0.1, -0.05) is 30.3 Å². The molecular formula is C17H17FN2O. The average molecular weight is 284 g/mol. The minimum Gasteiger partial charge on any atom is -0.383 e. The Balaban J connectivity index is 1.59. The molecule has 1 heterocycles. The van der Waals surface area contributed by atoms with Crippen LogP contribution in [0, 0.1) is 5.82 Å². The smallest absolute Gasteiger partial charge is 0.224 e. The van der Waals surface area contributed by atoms with Gasteiger partial charge in [0.15, 0.2) is 0 Å². The number of carbonyl (C=O) groups excluding carboxylic acids is 1. The van der Waals surface area contributed by atoms with Gasteiger partial charge in [-0.3, -0.25) is 4.79 Å². The predicted octanol–water partition coefficient (Wildman–Crippen LogP) is 2.52. The van der Waals surface area contributed by atoms with E-state index in [1.807, 2.05) is 18.2 Å². The van der Waals surface area contributed by atoms with Crippen LogP contribution in [-0.4, -0.2) is 18.5 Å². The van der Waals surface area contributed by atoms with Gasteiger partial charge in [-0.2, -0.15) is 0 Å². The lowest BCUT2D eigenvalue weighted by Gasteiger charge is -2.27. The Bertz CT molecular complexity index is 657. The Labute approximate surface area is 123 Å². The second-order valence-electron chi connectivity index (χ2n) is 5.31. The van der Waals surface area contributed by atoms with E-state index in [0.29, 0.717) is 12.1 Å². The summed E-state index contributed by atoms with van der Waals surface area (Å²) >= 11 is 0. The first-order valence-corrected chi connectivity index (χ1v) is 7.06. The van der Waals surface area contributed by atoms with Crippen molar-refractivity contribution in [2.75, 3.05) is 11.9 Å². The molecule has 0 bridgehead atoms. The standard InChI is InChI=1S/C17H17FN2O/c18-14-6-3-4-12(8-14)9-17(21)20-15-10-13-5-1-2-7-16(13)19-11-15/h1-8,15,19H,9-11H2,(H,20,21). The molecule has 0 fully saturated rings. The van der Waals surface area contributed by atoms with E-state index in [0.717, 1.165) is 12.1 Å². The predicted molar refractivity (Wildman–Crippen MR) is 80.7 cm³/mol. The molecule has 0 radical (unpaired) electrons. The molecule has 0 aliphatic carbocycles. The number of para-hydroxylation sites is 1. The minimum atomic E-state index is -0.312. The van der Waals surface area contributed by atoms with E-state index in [4.69, 9.17) is 0 Å². The number of halogens is 1. The van der Waals surface area contributed by atoms with Crippen LogP contribution in [0.15, 0.2) is 48.5 Å². The van der Waals surface area contributed by atoms with Gasteiger partial charge in [0.1, 0.15) is 5.82 Å². The van der Waals surface area contributed by atoms with E-state index in [2.05, 4.69) is 16.7 Å². The molecule has 3 nitrogen and oxygen atoms in total. The topological polar surface area (TPSA) is 41.1 Å². The summed E-state index contributed by atoms with van der Waals surface area (Å²) in [6.45, 7) is 0.714. The van der Waals surface area contributed by atoms with E-state index in [-0.39, 0.29) is 24.2 Å². The first-order chi connectivity index (χ1) is 10.2. The molecule has 1 amide bonds. The molecule has 4 heteroatoms. The molecule has 108 valence electrons. The Kier molecular flexibility index (Phi) is 3.86. The van der Waals surface area contributed by atoms with Crippen molar-refractivity contribution in [3.05, 3.63) is 65.5 Å². The molecule has 1 unspecified atom stereocenters. The van der Waals surface area contributed by atoms with Crippen molar-refractivity contribution in [2.45, 2.75) is 18.9 Å². The van der Waals surface area contributed by atoms with Crippen LogP contribution in [0.1, 0.15) is 11.1 Å². The summed E-state index contributed by atoms with van der Waals surface area (Å²) in [4.78, 5) is 12.0. The largest absolute Gasteiger partial charge is 0.383 e. The van der Waals surface area contributed by atoms with Crippen LogP contribution in [0.5, 0.6) is 0 Å². The van der Waals surface area contributed by atoms with Gasteiger partial charge in [-0.25, -0.2) is 4.39 Å². The maximum Gasteiger partial charge on any atom is 0.224 e. The van der Waals surface area contributed by atoms with Crippen LogP contribution in [0.2, 0.25) is 0 Å². The zero-order valence-corrected chi connectivity index (χ0v) is 11.6. The second kappa shape index (κ2) is 5.95. The van der Waals surface area contributed by atoms with Crippen molar-refractivity contribution in [1.82, 2.24) is 5.32 Å². The number of amides is 1. The summed E-state index contributed by atoms with van der Waals surface area (Å²) in [6.07, 6.45) is 1.02. The second-order valence-corrected chi connectivity index (χ2v) is 5.31. The Morgan fingerprint density at radius 3 is 2.95 bits per heavy atom. The number of fused-ring (bicyclic) bond motifs is 1. The molecule has 2 aromatic rings. The lowest BCUT2D eigenvalue weighted by molar-refractivity contribution is -0.121. The Hall–Kier alpha value is -2.36. The van der Waals surface area contributed by atoms with Crippen molar-refractivity contribution < 1.29 is 9.18 Å². The highest BCUT2D eigenvalue weighted by molar-refractivity contribution is 5.79. The zero-order chi connectivity index (χ0) is 14.7. The van der Waals surface area contributed by atoms with Gasteiger partial charge < -0.3 is 10.6 Å². The van der Waals surface area contributed by atoms with Crippen molar-refractivity contribution in [2.24, 2.45) is 0 Å². The van der Waals surface area contributed by atoms with Gasteiger partial charge in [0.05, 0.1) is 12.5 Å². The van der Waals surface area contributed by atoms with Crippen LogP contribution in [0.4, 0.5) is 10.1 Å². The van der Waals surface area contributed by atoms with Crippen LogP contribution in [0.3, 0.4) is 0 Å². The number of nitrogens with one attached hydrogen (secondary N) is 2. The van der Waals surface area contributed by atoms with Gasteiger partial charge >= 0.3 is 0 Å². The van der Waals surface area contributed by atoms with Crippen LogP contribution in [-0.2, 0) is 17.6 Å². The monoisotopic (exact) mass is 284 g/mol. The Morgan fingerprint density at radius 2 is 2.10 bits per heavy atom. The summed E-state index contributed by atoms with van der Waals surface area (Å²) in [7, 11) is 0. The molecule has 3 rings (SSSR count). The number of benzene rings is 2. The van der Waals surface area contributed by atoms with Crippen molar-refractivity contribution in [1.29, 1.82) is 0 Å². The molecule has 1 atom stereocenters. The lowest BCUT2D eigenvalue weighted by atomic mass is 9.99. The fourth-order valence-electron chi connectivity index (χ4n) is 2.65. The summed E-state index contributed by atoms with van der Waals surface area (Å²) in [5.74, 6) is -0.389. The first kappa shape index (κ1) is 13.6. The van der Waals surface area contributed by atoms with Gasteiger partial charge in [0, 0.05) is 12.2 Å². The first-order valence-electron chi connectivity index (χ1n) is 7.06. The zero-order valence-electron chi connectivity index (χ0n) is 11.6. The molecule has 2 aromatic carbocycles. The summed E-state index contributed by atoms with van der Waals surface area (Å²) in [6, 6.07) is 14.3. The third-order valence-corrected chi connectivity index (χ3v) is 3.64. The maximum atomic E-state index is 13.1. The van der Waals surface area contributed by atoms with Crippen LogP contribution < -0.4 is 10.6 Å². The number of rotatable bonds is 3. The molecule has 1 aliphatic rings. The van der Waals surface area contributed by atoms with E-state index < -0.39 is 0 Å². The molecule has 1 aliphatic heterocycles. The van der Waals surface area contributed by atoms with E-state index in [9.17, 15) is 9.18 Å². The summed E-state index contributed by atoms with van der Waals surface area (Å²) in [5, 5.41) is 6.32. The number of hydrogen-bond donors (Lipinski definition) is 2. The van der Waals surface area contributed by atoms with E-state index in [1.165, 1.54) is 17.7 Å². The molecule has 21 heavy (non-hydrogen) atoms. The third kappa shape index (κ3) is 3.40.